The minimum Gasteiger partial charge on any atom is -0.493 e. The van der Waals surface area contributed by atoms with Crippen molar-refractivity contribution in [2.45, 2.75) is 12.6 Å². The maximum Gasteiger partial charge on any atom is 0.161 e. The van der Waals surface area contributed by atoms with Crippen LogP contribution in [0.15, 0.2) is 48.5 Å². The van der Waals surface area contributed by atoms with Crippen molar-refractivity contribution in [3.8, 4) is 17.2 Å². The standard InChI is InChI=1S/C23H32N2O5/c1-27-23-15-19(16-24-9-12-29-21-5-3-2-4-6-21)7-8-22(23)30-18-20(26)17-25-10-13-28-14-11-25/h2-8,15,20,24,26H,9-14,16-18H2,1H3/t20-/m0/s1. The zero-order valence-electron chi connectivity index (χ0n) is 17.6. The van der Waals surface area contributed by atoms with Crippen molar-refractivity contribution in [2.24, 2.45) is 0 Å². The second kappa shape index (κ2) is 12.4. The van der Waals surface area contributed by atoms with Gasteiger partial charge in [-0.25, -0.2) is 0 Å². The Morgan fingerprint density at radius 1 is 1.07 bits per heavy atom. The number of nitrogens with zero attached hydrogens (tertiary/aromatic N) is 1. The fraction of sp³-hybridized carbons (Fsp3) is 0.478. The summed E-state index contributed by atoms with van der Waals surface area (Å²) in [5, 5.41) is 13.6. The first kappa shape index (κ1) is 22.4. The second-order valence-electron chi connectivity index (χ2n) is 7.20. The molecular formula is C23H32N2O5. The normalized spacial score (nSPS) is 15.5. The van der Waals surface area contributed by atoms with Crippen molar-refractivity contribution in [3.05, 3.63) is 54.1 Å². The van der Waals surface area contributed by atoms with Crippen molar-refractivity contribution in [3.63, 3.8) is 0 Å². The van der Waals surface area contributed by atoms with Crippen LogP contribution in [0.5, 0.6) is 17.2 Å². The van der Waals surface area contributed by atoms with Crippen LogP contribution in [-0.4, -0.2) is 75.8 Å². The molecule has 0 saturated carbocycles. The Balaban J connectivity index is 1.39. The molecule has 1 fully saturated rings. The van der Waals surface area contributed by atoms with E-state index in [2.05, 4.69) is 10.2 Å². The van der Waals surface area contributed by atoms with Gasteiger partial charge in [-0.3, -0.25) is 4.90 Å². The van der Waals surface area contributed by atoms with Crippen molar-refractivity contribution in [1.29, 1.82) is 0 Å². The number of β-amino-alcohol motifs (C(OH)–C–C–N with tert-alkyl or cyclic N) is 1. The van der Waals surface area contributed by atoms with E-state index in [4.69, 9.17) is 18.9 Å². The molecule has 1 heterocycles. The van der Waals surface area contributed by atoms with E-state index in [-0.39, 0.29) is 6.61 Å². The molecule has 7 nitrogen and oxygen atoms in total. The Kier molecular flexibility index (Phi) is 9.24. The third kappa shape index (κ3) is 7.50. The summed E-state index contributed by atoms with van der Waals surface area (Å²) in [4.78, 5) is 2.19. The van der Waals surface area contributed by atoms with E-state index in [0.29, 0.717) is 31.2 Å². The number of hydrogen-bond acceptors (Lipinski definition) is 7. The molecule has 0 spiro atoms. The molecule has 1 atom stereocenters. The maximum absolute atomic E-state index is 10.3. The summed E-state index contributed by atoms with van der Waals surface area (Å²) in [6.07, 6.45) is -0.557. The lowest BCUT2D eigenvalue weighted by Crippen LogP contribution is -2.42. The van der Waals surface area contributed by atoms with E-state index in [1.807, 2.05) is 48.5 Å². The third-order valence-electron chi connectivity index (χ3n) is 4.85. The molecule has 1 aliphatic rings. The summed E-state index contributed by atoms with van der Waals surface area (Å²) in [5.74, 6) is 2.17. The minimum atomic E-state index is -0.557. The monoisotopic (exact) mass is 416 g/mol. The molecule has 0 unspecified atom stereocenters. The highest BCUT2D eigenvalue weighted by Gasteiger charge is 2.16. The van der Waals surface area contributed by atoms with Gasteiger partial charge in [-0.15, -0.1) is 0 Å². The van der Waals surface area contributed by atoms with Gasteiger partial charge in [0.25, 0.3) is 0 Å². The van der Waals surface area contributed by atoms with Crippen LogP contribution in [0, 0.1) is 0 Å². The molecule has 0 radical (unpaired) electrons. The van der Waals surface area contributed by atoms with Gasteiger partial charge in [0.15, 0.2) is 11.5 Å². The van der Waals surface area contributed by atoms with Gasteiger partial charge in [-0.1, -0.05) is 24.3 Å². The summed E-state index contributed by atoms with van der Waals surface area (Å²) < 4.78 is 22.3. The number of para-hydroxylation sites is 1. The number of nitrogens with one attached hydrogen (secondary N) is 1. The van der Waals surface area contributed by atoms with E-state index in [1.165, 1.54) is 0 Å². The Morgan fingerprint density at radius 2 is 1.87 bits per heavy atom. The van der Waals surface area contributed by atoms with Gasteiger partial charge in [0.1, 0.15) is 25.1 Å². The molecule has 1 saturated heterocycles. The molecule has 7 heteroatoms. The van der Waals surface area contributed by atoms with Crippen molar-refractivity contribution in [1.82, 2.24) is 10.2 Å². The highest BCUT2D eigenvalue weighted by atomic mass is 16.5. The van der Waals surface area contributed by atoms with Gasteiger partial charge in [0.05, 0.1) is 20.3 Å². The molecule has 0 aliphatic carbocycles. The van der Waals surface area contributed by atoms with Crippen LogP contribution in [0.4, 0.5) is 0 Å². The molecule has 1 aliphatic heterocycles. The molecule has 0 amide bonds. The zero-order chi connectivity index (χ0) is 21.0. The molecule has 2 N–H and O–H groups in total. The first-order chi connectivity index (χ1) is 14.7. The molecule has 3 rings (SSSR count). The first-order valence-electron chi connectivity index (χ1n) is 10.4. The smallest absolute Gasteiger partial charge is 0.161 e. The molecule has 2 aromatic carbocycles. The molecular weight excluding hydrogens is 384 g/mol. The number of ether oxygens (including phenoxy) is 4. The second-order valence-corrected chi connectivity index (χ2v) is 7.20. The average Bonchev–Trinajstić information content (AvgIpc) is 2.79. The highest BCUT2D eigenvalue weighted by molar-refractivity contribution is 5.43. The Labute approximate surface area is 178 Å². The first-order valence-corrected chi connectivity index (χ1v) is 10.4. The SMILES string of the molecule is COc1cc(CNCCOc2ccccc2)ccc1OC[C@@H](O)CN1CCOCC1. The highest BCUT2D eigenvalue weighted by Crippen LogP contribution is 2.28. The van der Waals surface area contributed by atoms with Crippen LogP contribution in [0.2, 0.25) is 0 Å². The minimum absolute atomic E-state index is 0.224. The van der Waals surface area contributed by atoms with Crippen LogP contribution in [-0.2, 0) is 11.3 Å². The van der Waals surface area contributed by atoms with Crippen molar-refractivity contribution >= 4 is 0 Å². The largest absolute Gasteiger partial charge is 0.493 e. The fourth-order valence-corrected chi connectivity index (χ4v) is 3.25. The van der Waals surface area contributed by atoms with Gasteiger partial charge >= 0.3 is 0 Å². The number of morpholine rings is 1. The van der Waals surface area contributed by atoms with Gasteiger partial charge in [-0.2, -0.15) is 0 Å². The van der Waals surface area contributed by atoms with Gasteiger partial charge in [-0.05, 0) is 29.8 Å². The van der Waals surface area contributed by atoms with Crippen molar-refractivity contribution < 1.29 is 24.1 Å². The lowest BCUT2D eigenvalue weighted by molar-refractivity contribution is 0.00445. The summed E-state index contributed by atoms with van der Waals surface area (Å²) in [5.41, 5.74) is 1.09. The third-order valence-corrected chi connectivity index (χ3v) is 4.85. The quantitative estimate of drug-likeness (QED) is 0.512. The predicted molar refractivity (Wildman–Crippen MR) is 115 cm³/mol. The Bertz CT molecular complexity index is 738. The fourth-order valence-electron chi connectivity index (χ4n) is 3.25. The summed E-state index contributed by atoms with van der Waals surface area (Å²) in [6.45, 7) is 5.98. The number of aliphatic hydroxyl groups is 1. The van der Waals surface area contributed by atoms with E-state index >= 15 is 0 Å². The average molecular weight is 417 g/mol. The van der Waals surface area contributed by atoms with Crippen LogP contribution in [0.1, 0.15) is 5.56 Å². The molecule has 164 valence electrons. The van der Waals surface area contributed by atoms with E-state index in [1.54, 1.807) is 7.11 Å². The maximum atomic E-state index is 10.3. The van der Waals surface area contributed by atoms with Gasteiger partial charge in [0.2, 0.25) is 0 Å². The Hall–Kier alpha value is -2.32. The zero-order valence-corrected chi connectivity index (χ0v) is 17.6. The topological polar surface area (TPSA) is 72.4 Å². The van der Waals surface area contributed by atoms with Gasteiger partial charge in [0, 0.05) is 32.7 Å². The summed E-state index contributed by atoms with van der Waals surface area (Å²) in [7, 11) is 1.62. The molecule has 0 bridgehead atoms. The van der Waals surface area contributed by atoms with Crippen LogP contribution in [0.25, 0.3) is 0 Å². The lowest BCUT2D eigenvalue weighted by Gasteiger charge is -2.28. The molecule has 0 aromatic heterocycles. The van der Waals surface area contributed by atoms with E-state index in [9.17, 15) is 5.11 Å². The number of rotatable bonds is 12. The number of hydrogen-bond donors (Lipinski definition) is 2. The number of benzene rings is 2. The summed E-state index contributed by atoms with van der Waals surface area (Å²) in [6, 6.07) is 15.6. The lowest BCUT2D eigenvalue weighted by atomic mass is 10.2. The van der Waals surface area contributed by atoms with E-state index < -0.39 is 6.10 Å². The summed E-state index contributed by atoms with van der Waals surface area (Å²) >= 11 is 0. The number of aliphatic hydroxyl groups excluding tert-OH is 1. The predicted octanol–water partition coefficient (Wildman–Crippen LogP) is 1.94. The molecule has 30 heavy (non-hydrogen) atoms. The molecule has 2 aromatic rings. The Morgan fingerprint density at radius 3 is 2.63 bits per heavy atom. The van der Waals surface area contributed by atoms with Crippen molar-refractivity contribution in [2.75, 3.05) is 59.7 Å². The van der Waals surface area contributed by atoms with Gasteiger partial charge < -0.3 is 29.4 Å². The van der Waals surface area contributed by atoms with Crippen LogP contribution < -0.4 is 19.5 Å². The number of methoxy groups -OCH3 is 1. The van der Waals surface area contributed by atoms with E-state index in [0.717, 1.165) is 44.2 Å². The van der Waals surface area contributed by atoms with Crippen LogP contribution >= 0.6 is 0 Å². The van der Waals surface area contributed by atoms with Crippen LogP contribution in [0.3, 0.4) is 0 Å².